The first-order valence-electron chi connectivity index (χ1n) is 7.96. The molecular formula is C17H19N5O4. The van der Waals surface area contributed by atoms with E-state index in [1.54, 1.807) is 0 Å². The molecule has 3 rings (SSSR count). The summed E-state index contributed by atoms with van der Waals surface area (Å²) < 4.78 is 7.34. The third kappa shape index (κ3) is 3.23. The second kappa shape index (κ2) is 6.87. The summed E-state index contributed by atoms with van der Waals surface area (Å²) in [5, 5.41) is 3.12. The zero-order valence-corrected chi connectivity index (χ0v) is 14.7. The first kappa shape index (κ1) is 17.5. The van der Waals surface area contributed by atoms with Crippen molar-refractivity contribution in [2.24, 2.45) is 7.05 Å². The number of methoxy groups -OCH3 is 1. The number of benzene rings is 1. The minimum absolute atomic E-state index is 0.129. The Morgan fingerprint density at radius 2 is 1.96 bits per heavy atom. The highest BCUT2D eigenvalue weighted by atomic mass is 16.5. The number of esters is 1. The molecule has 2 heterocycles. The van der Waals surface area contributed by atoms with Crippen LogP contribution in [-0.4, -0.2) is 32.2 Å². The van der Waals surface area contributed by atoms with Gasteiger partial charge in [-0.1, -0.05) is 29.8 Å². The smallest absolute Gasteiger partial charge is 0.329 e. The minimum atomic E-state index is -0.608. The monoisotopic (exact) mass is 357 g/mol. The average Bonchev–Trinajstić information content (AvgIpc) is 2.98. The number of carbonyl (C=O) groups excluding carboxylic acids is 1. The van der Waals surface area contributed by atoms with Crippen molar-refractivity contribution in [3.05, 3.63) is 56.2 Å². The molecule has 0 unspecified atom stereocenters. The van der Waals surface area contributed by atoms with Crippen molar-refractivity contribution in [3.63, 3.8) is 0 Å². The predicted octanol–water partition coefficient (Wildman–Crippen LogP) is 0.517. The van der Waals surface area contributed by atoms with Crippen LogP contribution in [0, 0.1) is 6.92 Å². The van der Waals surface area contributed by atoms with Crippen LogP contribution in [0.15, 0.2) is 33.9 Å². The third-order valence-corrected chi connectivity index (χ3v) is 4.09. The first-order valence-corrected chi connectivity index (χ1v) is 7.96. The van der Waals surface area contributed by atoms with E-state index in [1.165, 1.54) is 23.3 Å². The van der Waals surface area contributed by atoms with Crippen molar-refractivity contribution in [3.8, 4) is 0 Å². The normalized spacial score (nSPS) is 10.9. The van der Waals surface area contributed by atoms with Crippen molar-refractivity contribution in [2.45, 2.75) is 20.0 Å². The molecule has 0 saturated carbocycles. The fraction of sp³-hybridized carbons (Fsp3) is 0.294. The van der Waals surface area contributed by atoms with Gasteiger partial charge in [-0.15, -0.1) is 0 Å². The number of imidazole rings is 1. The van der Waals surface area contributed by atoms with Gasteiger partial charge in [0.05, 0.1) is 7.11 Å². The van der Waals surface area contributed by atoms with Crippen LogP contribution in [0.4, 0.5) is 5.95 Å². The summed E-state index contributed by atoms with van der Waals surface area (Å²) >= 11 is 0. The fourth-order valence-electron chi connectivity index (χ4n) is 2.60. The van der Waals surface area contributed by atoms with E-state index in [2.05, 4.69) is 15.3 Å². The van der Waals surface area contributed by atoms with Gasteiger partial charge in [0.25, 0.3) is 5.56 Å². The molecule has 0 atom stereocenters. The van der Waals surface area contributed by atoms with Gasteiger partial charge in [0.2, 0.25) is 5.95 Å². The van der Waals surface area contributed by atoms with Gasteiger partial charge in [-0.2, -0.15) is 4.98 Å². The van der Waals surface area contributed by atoms with Crippen molar-refractivity contribution in [1.29, 1.82) is 0 Å². The van der Waals surface area contributed by atoms with Crippen molar-refractivity contribution < 1.29 is 9.53 Å². The van der Waals surface area contributed by atoms with Gasteiger partial charge in [0.1, 0.15) is 6.54 Å². The number of carbonyl (C=O) groups is 1. The molecule has 0 aliphatic heterocycles. The summed E-state index contributed by atoms with van der Waals surface area (Å²) in [4.78, 5) is 42.4. The highest BCUT2D eigenvalue weighted by molar-refractivity contribution is 5.78. The number of anilines is 1. The van der Waals surface area contributed by atoms with Crippen LogP contribution in [-0.2, 0) is 29.7 Å². The van der Waals surface area contributed by atoms with E-state index in [0.717, 1.165) is 11.1 Å². The number of nitrogens with one attached hydrogen (secondary N) is 2. The van der Waals surface area contributed by atoms with Crippen LogP contribution in [0.25, 0.3) is 11.2 Å². The Morgan fingerprint density at radius 3 is 2.62 bits per heavy atom. The fourth-order valence-corrected chi connectivity index (χ4v) is 2.60. The summed E-state index contributed by atoms with van der Waals surface area (Å²) in [5.74, 6) is -0.228. The Hall–Kier alpha value is -3.36. The van der Waals surface area contributed by atoms with Crippen LogP contribution in [0.5, 0.6) is 0 Å². The number of aryl methyl sites for hydroxylation is 2. The van der Waals surface area contributed by atoms with E-state index in [4.69, 9.17) is 4.74 Å². The highest BCUT2D eigenvalue weighted by Gasteiger charge is 2.19. The van der Waals surface area contributed by atoms with E-state index < -0.39 is 17.2 Å². The van der Waals surface area contributed by atoms with E-state index in [9.17, 15) is 14.4 Å². The summed E-state index contributed by atoms with van der Waals surface area (Å²) in [6.07, 6.45) is 0. The van der Waals surface area contributed by atoms with Gasteiger partial charge < -0.3 is 10.1 Å². The van der Waals surface area contributed by atoms with Crippen LogP contribution in [0.3, 0.4) is 0 Å². The lowest BCUT2D eigenvalue weighted by molar-refractivity contribution is -0.141. The Balaban J connectivity index is 2.06. The van der Waals surface area contributed by atoms with Crippen LogP contribution >= 0.6 is 0 Å². The molecule has 136 valence electrons. The van der Waals surface area contributed by atoms with Crippen LogP contribution in [0.2, 0.25) is 0 Å². The van der Waals surface area contributed by atoms with Crippen molar-refractivity contribution >= 4 is 23.1 Å². The number of fused-ring (bicyclic) bond motifs is 1. The summed E-state index contributed by atoms with van der Waals surface area (Å²) in [6.45, 7) is 2.24. The van der Waals surface area contributed by atoms with Gasteiger partial charge in [-0.05, 0) is 12.5 Å². The molecule has 0 radical (unpaired) electrons. The quantitative estimate of drug-likeness (QED) is 0.644. The second-order valence-electron chi connectivity index (χ2n) is 5.93. The number of aromatic amines is 1. The topological polar surface area (TPSA) is 111 Å². The van der Waals surface area contributed by atoms with Gasteiger partial charge >= 0.3 is 11.7 Å². The SMILES string of the molecule is COC(=O)Cn1c(NCc2ccc(C)cc2)nc2c1c(=O)[nH]c(=O)n2C. The molecule has 3 aromatic rings. The van der Waals surface area contributed by atoms with E-state index >= 15 is 0 Å². The van der Waals surface area contributed by atoms with Crippen molar-refractivity contribution in [1.82, 2.24) is 19.1 Å². The molecule has 0 saturated heterocycles. The molecule has 1 aromatic carbocycles. The standard InChI is InChI=1S/C17H19N5O4/c1-10-4-6-11(7-5-10)8-18-16-19-14-13(22(16)9-12(23)26-3)15(24)20-17(25)21(14)2/h4-7H,8-9H2,1-3H3,(H,18,19)(H,20,24,25). The summed E-state index contributed by atoms with van der Waals surface area (Å²) in [6, 6.07) is 7.92. The predicted molar refractivity (Wildman–Crippen MR) is 96.1 cm³/mol. The van der Waals surface area contributed by atoms with E-state index in [1.807, 2.05) is 31.2 Å². The number of H-pyrrole nitrogens is 1. The number of aromatic nitrogens is 4. The summed E-state index contributed by atoms with van der Waals surface area (Å²) in [5.41, 5.74) is 1.29. The van der Waals surface area contributed by atoms with Gasteiger partial charge in [0.15, 0.2) is 11.2 Å². The molecule has 9 nitrogen and oxygen atoms in total. The van der Waals surface area contributed by atoms with Gasteiger partial charge in [-0.3, -0.25) is 23.7 Å². The largest absolute Gasteiger partial charge is 0.468 e. The van der Waals surface area contributed by atoms with Gasteiger partial charge in [0, 0.05) is 13.6 Å². The molecule has 0 fully saturated rings. The molecule has 0 aliphatic carbocycles. The second-order valence-corrected chi connectivity index (χ2v) is 5.93. The minimum Gasteiger partial charge on any atom is -0.468 e. The Labute approximate surface area is 148 Å². The van der Waals surface area contributed by atoms with Crippen molar-refractivity contribution in [2.75, 3.05) is 12.4 Å². The van der Waals surface area contributed by atoms with Crippen LogP contribution < -0.4 is 16.6 Å². The number of rotatable bonds is 5. The summed E-state index contributed by atoms with van der Waals surface area (Å²) in [7, 11) is 2.76. The lowest BCUT2D eigenvalue weighted by atomic mass is 10.1. The first-order chi connectivity index (χ1) is 12.4. The number of nitrogens with zero attached hydrogens (tertiary/aromatic N) is 3. The zero-order valence-electron chi connectivity index (χ0n) is 14.7. The molecule has 26 heavy (non-hydrogen) atoms. The van der Waals surface area contributed by atoms with Gasteiger partial charge in [-0.25, -0.2) is 4.79 Å². The molecule has 0 amide bonds. The van der Waals surface area contributed by atoms with Crippen LogP contribution in [0.1, 0.15) is 11.1 Å². The number of ether oxygens (including phenoxy) is 1. The lowest BCUT2D eigenvalue weighted by Crippen LogP contribution is -2.29. The Kier molecular flexibility index (Phi) is 4.61. The molecule has 0 spiro atoms. The molecule has 0 bridgehead atoms. The molecule has 2 N–H and O–H groups in total. The molecule has 9 heteroatoms. The number of hydrogen-bond acceptors (Lipinski definition) is 6. The highest BCUT2D eigenvalue weighted by Crippen LogP contribution is 2.16. The maximum Gasteiger partial charge on any atom is 0.329 e. The zero-order chi connectivity index (χ0) is 18.8. The molecule has 2 aromatic heterocycles. The maximum atomic E-state index is 12.3. The Morgan fingerprint density at radius 1 is 1.27 bits per heavy atom. The van der Waals surface area contributed by atoms with E-state index in [-0.39, 0.29) is 17.7 Å². The lowest BCUT2D eigenvalue weighted by Gasteiger charge is -2.09. The molecular weight excluding hydrogens is 338 g/mol. The van der Waals surface area contributed by atoms with E-state index in [0.29, 0.717) is 12.5 Å². The maximum absolute atomic E-state index is 12.3. The molecule has 0 aliphatic rings. The number of hydrogen-bond donors (Lipinski definition) is 2. The third-order valence-electron chi connectivity index (χ3n) is 4.09. The average molecular weight is 357 g/mol. The Bertz CT molecular complexity index is 1080.